The van der Waals surface area contributed by atoms with Gasteiger partial charge in [-0.05, 0) is 49.4 Å². The predicted octanol–water partition coefficient (Wildman–Crippen LogP) is 4.79. The summed E-state index contributed by atoms with van der Waals surface area (Å²) < 4.78 is 54.7. The van der Waals surface area contributed by atoms with Gasteiger partial charge in [0, 0.05) is 29.3 Å². The van der Waals surface area contributed by atoms with Crippen LogP contribution >= 0.6 is 0 Å². The summed E-state index contributed by atoms with van der Waals surface area (Å²) in [5.41, 5.74) is -3.03. The number of carboxylic acid groups (broad SMARTS) is 1. The normalized spacial score (nSPS) is 13.4. The maximum atomic E-state index is 13.4. The largest absolute Gasteiger partial charge is 0.481 e. The quantitative estimate of drug-likeness (QED) is 0.531. The minimum Gasteiger partial charge on any atom is -0.481 e. The summed E-state index contributed by atoms with van der Waals surface area (Å²) >= 11 is 0. The number of hydrogen-bond donors (Lipinski definition) is 2. The monoisotopic (exact) mass is 447 g/mol. The van der Waals surface area contributed by atoms with Crippen LogP contribution in [0.2, 0.25) is 0 Å². The van der Waals surface area contributed by atoms with Crippen LogP contribution in [-0.4, -0.2) is 21.6 Å². The summed E-state index contributed by atoms with van der Waals surface area (Å²) in [5.74, 6) is -2.55. The number of hydrogen-bond acceptors (Lipinski definition) is 3. The van der Waals surface area contributed by atoms with Crippen LogP contribution in [0.25, 0.3) is 10.9 Å². The Balaban J connectivity index is 1.94. The fourth-order valence-corrected chi connectivity index (χ4v) is 3.46. The first-order valence-corrected chi connectivity index (χ1v) is 9.32. The zero-order valence-corrected chi connectivity index (χ0v) is 16.7. The molecule has 1 atom stereocenters. The molecule has 2 N–H and O–H groups in total. The number of alkyl halides is 3. The maximum absolute atomic E-state index is 13.4. The number of halogens is 4. The van der Waals surface area contributed by atoms with E-state index in [4.69, 9.17) is 5.26 Å². The van der Waals surface area contributed by atoms with Gasteiger partial charge < -0.3 is 15.0 Å². The van der Waals surface area contributed by atoms with Crippen molar-refractivity contribution in [1.29, 1.82) is 5.26 Å². The van der Waals surface area contributed by atoms with E-state index in [2.05, 4.69) is 5.32 Å². The standard InChI is InChI=1S/C22H17F4N3O3/c1-21(10-19(30)31,12-29-7-6-13-8-15(23)3-5-18(13)29)20(32)28-16-4-2-14(11-27)17(9-16)22(24,25)26/h2-9H,10,12H2,1H3,(H,28,32)(H,30,31)/t21-/m0/s1. The molecule has 3 rings (SSSR count). The first-order chi connectivity index (χ1) is 14.9. The third kappa shape index (κ3) is 4.72. The average molecular weight is 447 g/mol. The Morgan fingerprint density at radius 3 is 2.50 bits per heavy atom. The highest BCUT2D eigenvalue weighted by Gasteiger charge is 2.38. The summed E-state index contributed by atoms with van der Waals surface area (Å²) in [6.45, 7) is 1.25. The highest BCUT2D eigenvalue weighted by molar-refractivity contribution is 5.97. The summed E-state index contributed by atoms with van der Waals surface area (Å²) in [6, 6.07) is 9.75. The molecule has 1 amide bonds. The molecule has 3 aromatic rings. The van der Waals surface area contributed by atoms with Crippen molar-refractivity contribution in [1.82, 2.24) is 4.57 Å². The molecule has 6 nitrogen and oxygen atoms in total. The Hall–Kier alpha value is -3.87. The minimum absolute atomic E-state index is 0.122. The van der Waals surface area contributed by atoms with E-state index in [0.717, 1.165) is 12.1 Å². The van der Waals surface area contributed by atoms with Crippen molar-refractivity contribution in [3.63, 3.8) is 0 Å². The van der Waals surface area contributed by atoms with Crippen LogP contribution < -0.4 is 5.32 Å². The molecule has 1 aromatic heterocycles. The molecule has 0 saturated carbocycles. The first-order valence-electron chi connectivity index (χ1n) is 9.32. The van der Waals surface area contributed by atoms with Gasteiger partial charge in [-0.3, -0.25) is 9.59 Å². The van der Waals surface area contributed by atoms with E-state index in [1.807, 2.05) is 0 Å². The van der Waals surface area contributed by atoms with Crippen LogP contribution in [0.5, 0.6) is 0 Å². The minimum atomic E-state index is -4.81. The lowest BCUT2D eigenvalue weighted by Crippen LogP contribution is -2.39. The lowest BCUT2D eigenvalue weighted by molar-refractivity contribution is -0.143. The number of amides is 1. The second kappa shape index (κ2) is 8.34. The lowest BCUT2D eigenvalue weighted by Gasteiger charge is -2.28. The number of benzene rings is 2. The fraction of sp³-hybridized carbons (Fsp3) is 0.227. The number of aliphatic carboxylic acids is 1. The number of aromatic nitrogens is 1. The third-order valence-electron chi connectivity index (χ3n) is 5.05. The molecule has 0 bridgehead atoms. The van der Waals surface area contributed by atoms with Gasteiger partial charge in [0.2, 0.25) is 5.91 Å². The molecule has 0 aliphatic rings. The third-order valence-corrected chi connectivity index (χ3v) is 5.05. The topological polar surface area (TPSA) is 95.1 Å². The van der Waals surface area contributed by atoms with Gasteiger partial charge >= 0.3 is 12.1 Å². The predicted molar refractivity (Wildman–Crippen MR) is 107 cm³/mol. The van der Waals surface area contributed by atoms with Gasteiger partial charge in [-0.25, -0.2) is 4.39 Å². The Kier molecular flexibility index (Phi) is 5.94. The van der Waals surface area contributed by atoms with Crippen LogP contribution in [0.1, 0.15) is 24.5 Å². The van der Waals surface area contributed by atoms with Crippen molar-refractivity contribution in [2.24, 2.45) is 5.41 Å². The SMILES string of the molecule is C[C@](CC(=O)O)(Cn1ccc2cc(F)ccc21)C(=O)Nc1ccc(C#N)c(C(F)(F)F)c1. The van der Waals surface area contributed by atoms with Gasteiger partial charge in [0.15, 0.2) is 0 Å². The molecular weight excluding hydrogens is 430 g/mol. The molecule has 0 radical (unpaired) electrons. The highest BCUT2D eigenvalue weighted by Crippen LogP contribution is 2.35. The summed E-state index contributed by atoms with van der Waals surface area (Å²) in [7, 11) is 0. The summed E-state index contributed by atoms with van der Waals surface area (Å²) in [5, 5.41) is 21.1. The van der Waals surface area contributed by atoms with Crippen molar-refractivity contribution < 1.29 is 32.3 Å². The van der Waals surface area contributed by atoms with Gasteiger partial charge in [-0.15, -0.1) is 0 Å². The Morgan fingerprint density at radius 2 is 1.88 bits per heavy atom. The summed E-state index contributed by atoms with van der Waals surface area (Å²) in [6.07, 6.45) is -3.85. The van der Waals surface area contributed by atoms with E-state index in [1.54, 1.807) is 16.8 Å². The van der Waals surface area contributed by atoms with E-state index in [0.29, 0.717) is 17.0 Å². The molecule has 166 valence electrons. The van der Waals surface area contributed by atoms with Crippen molar-refractivity contribution >= 4 is 28.5 Å². The zero-order valence-electron chi connectivity index (χ0n) is 16.7. The molecule has 0 aliphatic carbocycles. The number of nitrogens with one attached hydrogen (secondary N) is 1. The van der Waals surface area contributed by atoms with Crippen LogP contribution in [0.4, 0.5) is 23.2 Å². The van der Waals surface area contributed by atoms with Gasteiger partial charge in [-0.2, -0.15) is 18.4 Å². The number of carbonyl (C=O) groups is 2. The Labute approximate surface area is 179 Å². The second-order valence-electron chi connectivity index (χ2n) is 7.60. The molecule has 0 aliphatic heterocycles. The van der Waals surface area contributed by atoms with Gasteiger partial charge in [0.05, 0.1) is 29.0 Å². The number of fused-ring (bicyclic) bond motifs is 1. The number of anilines is 1. The number of nitriles is 1. The molecular formula is C22H17F4N3O3. The van der Waals surface area contributed by atoms with Gasteiger partial charge in [0.1, 0.15) is 5.82 Å². The van der Waals surface area contributed by atoms with Crippen LogP contribution in [0.3, 0.4) is 0 Å². The van der Waals surface area contributed by atoms with E-state index >= 15 is 0 Å². The second-order valence-corrected chi connectivity index (χ2v) is 7.60. The molecule has 10 heteroatoms. The zero-order chi connectivity index (χ0) is 23.7. The van der Waals surface area contributed by atoms with Gasteiger partial charge in [-0.1, -0.05) is 0 Å². The maximum Gasteiger partial charge on any atom is 0.417 e. The van der Waals surface area contributed by atoms with Crippen LogP contribution in [0, 0.1) is 22.6 Å². The lowest BCUT2D eigenvalue weighted by atomic mass is 9.85. The van der Waals surface area contributed by atoms with E-state index < -0.39 is 46.8 Å². The Morgan fingerprint density at radius 1 is 1.16 bits per heavy atom. The van der Waals surface area contributed by atoms with E-state index in [-0.39, 0.29) is 12.2 Å². The summed E-state index contributed by atoms with van der Waals surface area (Å²) in [4.78, 5) is 24.5. The van der Waals surface area contributed by atoms with Crippen molar-refractivity contribution in [3.05, 3.63) is 65.6 Å². The average Bonchev–Trinajstić information content (AvgIpc) is 3.08. The first kappa shape index (κ1) is 22.8. The van der Waals surface area contributed by atoms with Crippen LogP contribution in [0.15, 0.2) is 48.7 Å². The van der Waals surface area contributed by atoms with Crippen molar-refractivity contribution in [3.8, 4) is 6.07 Å². The fourth-order valence-electron chi connectivity index (χ4n) is 3.46. The highest BCUT2D eigenvalue weighted by atomic mass is 19.4. The number of nitrogens with zero attached hydrogens (tertiary/aromatic N) is 2. The number of carboxylic acids is 1. The van der Waals surface area contributed by atoms with E-state index in [9.17, 15) is 32.3 Å². The molecule has 0 spiro atoms. The van der Waals surface area contributed by atoms with Crippen LogP contribution in [-0.2, 0) is 22.3 Å². The smallest absolute Gasteiger partial charge is 0.417 e. The molecule has 32 heavy (non-hydrogen) atoms. The van der Waals surface area contributed by atoms with Gasteiger partial charge in [0.25, 0.3) is 0 Å². The van der Waals surface area contributed by atoms with E-state index in [1.165, 1.54) is 31.2 Å². The Bertz CT molecular complexity index is 1240. The number of rotatable bonds is 6. The molecule has 0 saturated heterocycles. The molecule has 1 heterocycles. The van der Waals surface area contributed by atoms with Crippen molar-refractivity contribution in [2.45, 2.75) is 26.1 Å². The molecule has 0 fully saturated rings. The number of carbonyl (C=O) groups excluding carboxylic acids is 1. The van der Waals surface area contributed by atoms with Crippen molar-refractivity contribution in [2.75, 3.05) is 5.32 Å². The molecule has 0 unspecified atom stereocenters. The molecule has 2 aromatic carbocycles.